The highest BCUT2D eigenvalue weighted by Gasteiger charge is 2.25. The van der Waals surface area contributed by atoms with E-state index < -0.39 is 0 Å². The van der Waals surface area contributed by atoms with Gasteiger partial charge in [0.2, 0.25) is 0 Å². The maximum atomic E-state index is 13.4. The summed E-state index contributed by atoms with van der Waals surface area (Å²) in [5.41, 5.74) is 6.35. The van der Waals surface area contributed by atoms with Crippen LogP contribution in [0.2, 0.25) is 0 Å². The molecule has 5 rings (SSSR count). The van der Waals surface area contributed by atoms with Crippen molar-refractivity contribution in [2.24, 2.45) is 10.2 Å². The molecule has 0 aliphatic carbocycles. The first-order valence-electron chi connectivity index (χ1n) is 11.0. The predicted molar refractivity (Wildman–Crippen MR) is 129 cm³/mol. The molecule has 2 aliphatic heterocycles. The van der Waals surface area contributed by atoms with E-state index in [1.165, 1.54) is 17.7 Å². The molecule has 0 spiro atoms. The van der Waals surface area contributed by atoms with Gasteiger partial charge in [-0.05, 0) is 73.5 Å². The van der Waals surface area contributed by atoms with E-state index in [2.05, 4.69) is 67.5 Å². The van der Waals surface area contributed by atoms with Gasteiger partial charge in [-0.25, -0.2) is 4.39 Å². The van der Waals surface area contributed by atoms with Crippen LogP contribution >= 0.6 is 0 Å². The first-order valence-corrected chi connectivity index (χ1v) is 11.0. The molecule has 1 aromatic heterocycles. The van der Waals surface area contributed by atoms with Crippen molar-refractivity contribution in [3.8, 4) is 11.1 Å². The Morgan fingerprint density at radius 1 is 1.06 bits per heavy atom. The fraction of sp³-hybridized carbons (Fsp3) is 0.280. The van der Waals surface area contributed by atoms with Crippen molar-refractivity contribution in [2.45, 2.75) is 25.4 Å². The summed E-state index contributed by atoms with van der Waals surface area (Å²) in [7, 11) is 2.00. The molecule has 0 unspecified atom stereocenters. The molecule has 1 fully saturated rings. The molecule has 0 bridgehead atoms. The number of benzene rings is 2. The van der Waals surface area contributed by atoms with Gasteiger partial charge >= 0.3 is 0 Å². The van der Waals surface area contributed by atoms with Crippen molar-refractivity contribution in [1.82, 2.24) is 9.88 Å². The summed E-state index contributed by atoms with van der Waals surface area (Å²) in [6.45, 7) is 6.38. The molecule has 32 heavy (non-hydrogen) atoms. The third-order valence-electron chi connectivity index (χ3n) is 6.28. The normalized spacial score (nSPS) is 17.6. The Morgan fingerprint density at radius 3 is 2.59 bits per heavy atom. The molecular formula is C25H27FN6. The van der Waals surface area contributed by atoms with Crippen LogP contribution in [0, 0.1) is 5.82 Å². The first kappa shape index (κ1) is 20.5. The molecule has 0 amide bonds. The Bertz CT molecular complexity index is 1160. The molecule has 2 aliphatic rings. The molecule has 3 heterocycles. The average molecular weight is 431 g/mol. The summed E-state index contributed by atoms with van der Waals surface area (Å²) in [6, 6.07) is 15.7. The second-order valence-corrected chi connectivity index (χ2v) is 8.38. The Labute approximate surface area is 187 Å². The van der Waals surface area contributed by atoms with Crippen molar-refractivity contribution < 1.29 is 4.39 Å². The zero-order valence-electron chi connectivity index (χ0n) is 18.2. The minimum Gasteiger partial charge on any atom is -0.382 e. The molecular weight excluding hydrogens is 403 g/mol. The van der Waals surface area contributed by atoms with Gasteiger partial charge < -0.3 is 20.1 Å². The van der Waals surface area contributed by atoms with E-state index in [9.17, 15) is 4.39 Å². The summed E-state index contributed by atoms with van der Waals surface area (Å²) in [6.07, 6.45) is 4.35. The van der Waals surface area contributed by atoms with Crippen LogP contribution in [-0.4, -0.2) is 43.3 Å². The van der Waals surface area contributed by atoms with Crippen molar-refractivity contribution in [3.63, 3.8) is 0 Å². The third-order valence-corrected chi connectivity index (χ3v) is 6.28. The van der Waals surface area contributed by atoms with Crippen LogP contribution in [0.5, 0.6) is 0 Å². The SMILES string of the molecule is C=N/N=C1/c2cc(-c3ccc(F)cc3)cn2Cc2cc(NC3CCNCC3)ccc2N1C. The van der Waals surface area contributed by atoms with Crippen molar-refractivity contribution in [2.75, 3.05) is 30.4 Å². The fourth-order valence-corrected chi connectivity index (χ4v) is 4.61. The van der Waals surface area contributed by atoms with Gasteiger partial charge in [0.1, 0.15) is 5.82 Å². The van der Waals surface area contributed by atoms with Crippen LogP contribution in [0.4, 0.5) is 15.8 Å². The van der Waals surface area contributed by atoms with Crippen LogP contribution in [0.15, 0.2) is 64.9 Å². The van der Waals surface area contributed by atoms with Crippen molar-refractivity contribution in [3.05, 3.63) is 71.8 Å². The Kier molecular flexibility index (Phi) is 5.49. The number of halogens is 1. The summed E-state index contributed by atoms with van der Waals surface area (Å²) in [5.74, 6) is 0.487. The number of hydrogen-bond acceptors (Lipinski definition) is 4. The van der Waals surface area contributed by atoms with E-state index >= 15 is 0 Å². The first-order chi connectivity index (χ1) is 15.6. The monoisotopic (exact) mass is 430 g/mol. The topological polar surface area (TPSA) is 57.0 Å². The molecule has 0 atom stereocenters. The zero-order chi connectivity index (χ0) is 22.1. The van der Waals surface area contributed by atoms with Gasteiger partial charge in [0.25, 0.3) is 0 Å². The lowest BCUT2D eigenvalue weighted by Gasteiger charge is -2.26. The lowest BCUT2D eigenvalue weighted by Crippen LogP contribution is -2.35. The maximum Gasteiger partial charge on any atom is 0.179 e. The number of anilines is 2. The smallest absolute Gasteiger partial charge is 0.179 e. The van der Waals surface area contributed by atoms with Gasteiger partial charge in [0, 0.05) is 49.5 Å². The van der Waals surface area contributed by atoms with Crippen LogP contribution in [0.1, 0.15) is 24.1 Å². The highest BCUT2D eigenvalue weighted by atomic mass is 19.1. The Morgan fingerprint density at radius 2 is 1.84 bits per heavy atom. The van der Waals surface area contributed by atoms with Gasteiger partial charge in [-0.3, -0.25) is 0 Å². The van der Waals surface area contributed by atoms with Crippen molar-refractivity contribution >= 4 is 23.9 Å². The van der Waals surface area contributed by atoms with E-state index in [1.54, 1.807) is 12.1 Å². The lowest BCUT2D eigenvalue weighted by atomic mass is 10.1. The molecule has 2 N–H and O–H groups in total. The van der Waals surface area contributed by atoms with Crippen LogP contribution in [-0.2, 0) is 6.54 Å². The highest BCUT2D eigenvalue weighted by Crippen LogP contribution is 2.33. The Balaban J connectivity index is 1.53. The number of nitrogens with one attached hydrogen (secondary N) is 2. The van der Waals surface area contributed by atoms with E-state index in [0.29, 0.717) is 12.6 Å². The molecule has 6 nitrogen and oxygen atoms in total. The van der Waals surface area contributed by atoms with Gasteiger partial charge in [-0.1, -0.05) is 12.1 Å². The third kappa shape index (κ3) is 3.91. The summed E-state index contributed by atoms with van der Waals surface area (Å²) in [5, 5.41) is 15.3. The maximum absolute atomic E-state index is 13.4. The lowest BCUT2D eigenvalue weighted by molar-refractivity contribution is 0.479. The second-order valence-electron chi connectivity index (χ2n) is 8.38. The highest BCUT2D eigenvalue weighted by molar-refractivity contribution is 6.10. The fourth-order valence-electron chi connectivity index (χ4n) is 4.61. The molecule has 0 saturated carbocycles. The molecule has 1 saturated heterocycles. The molecule has 3 aromatic rings. The standard InChI is InChI=1S/C25H27FN6/c1-27-30-25-24-14-18(17-3-5-20(26)6-4-17)15-32(24)16-19-13-22(7-8-23(19)31(25)2)29-21-9-11-28-12-10-21/h3-8,13-15,21,28-29H,1,9-12,16H2,2H3/b30-25-. The van der Waals surface area contributed by atoms with Crippen molar-refractivity contribution in [1.29, 1.82) is 0 Å². The summed E-state index contributed by atoms with van der Waals surface area (Å²) >= 11 is 0. The predicted octanol–water partition coefficient (Wildman–Crippen LogP) is 4.32. The number of nitrogens with zero attached hydrogens (tertiary/aromatic N) is 4. The molecule has 0 radical (unpaired) electrons. The van der Waals surface area contributed by atoms with Gasteiger partial charge in [-0.15, -0.1) is 5.10 Å². The molecule has 164 valence electrons. The quantitative estimate of drug-likeness (QED) is 0.479. The van der Waals surface area contributed by atoms with Crippen LogP contribution in [0.3, 0.4) is 0 Å². The molecule has 2 aromatic carbocycles. The van der Waals surface area contributed by atoms with Gasteiger partial charge in [0.05, 0.1) is 5.69 Å². The Hall–Kier alpha value is -3.45. The van der Waals surface area contributed by atoms with E-state index in [0.717, 1.165) is 60.0 Å². The van der Waals surface area contributed by atoms with Gasteiger partial charge in [-0.2, -0.15) is 5.10 Å². The van der Waals surface area contributed by atoms with Gasteiger partial charge in [0.15, 0.2) is 5.84 Å². The number of rotatable bonds is 4. The number of aromatic nitrogens is 1. The van der Waals surface area contributed by atoms with E-state index in [-0.39, 0.29) is 5.82 Å². The summed E-state index contributed by atoms with van der Waals surface area (Å²) < 4.78 is 15.6. The number of hydrogen-bond donors (Lipinski definition) is 2. The van der Waals surface area contributed by atoms with E-state index in [1.807, 2.05) is 7.05 Å². The minimum absolute atomic E-state index is 0.241. The largest absolute Gasteiger partial charge is 0.382 e. The number of amidine groups is 1. The summed E-state index contributed by atoms with van der Waals surface area (Å²) in [4.78, 5) is 2.06. The van der Waals surface area contributed by atoms with E-state index in [4.69, 9.17) is 0 Å². The number of fused-ring (bicyclic) bond motifs is 2. The average Bonchev–Trinajstić information content (AvgIpc) is 3.17. The van der Waals surface area contributed by atoms with Crippen LogP contribution < -0.4 is 15.5 Å². The molecule has 7 heteroatoms. The van der Waals surface area contributed by atoms with Crippen LogP contribution in [0.25, 0.3) is 11.1 Å². The minimum atomic E-state index is -0.241. The number of piperidine rings is 1. The zero-order valence-corrected chi connectivity index (χ0v) is 18.2. The second kappa shape index (κ2) is 8.59.